The summed E-state index contributed by atoms with van der Waals surface area (Å²) in [6.07, 6.45) is 1.60. The molecule has 5 nitrogen and oxygen atoms in total. The number of ether oxygens (including phenoxy) is 2. The summed E-state index contributed by atoms with van der Waals surface area (Å²) in [4.78, 5) is 2.03. The number of nitrogens with one attached hydrogen (secondary N) is 1. The van der Waals surface area contributed by atoms with Gasteiger partial charge in [-0.25, -0.2) is 8.78 Å². The Morgan fingerprint density at radius 1 is 1.32 bits per heavy atom. The Kier molecular flexibility index (Phi) is 5.34. The zero-order valence-corrected chi connectivity index (χ0v) is 14.5. The van der Waals surface area contributed by atoms with Crippen molar-refractivity contribution in [1.82, 2.24) is 15.1 Å². The van der Waals surface area contributed by atoms with Crippen molar-refractivity contribution in [3.8, 4) is 17.0 Å². The Bertz CT molecular complexity index is 705. The fraction of sp³-hybridized carbons (Fsp3) is 0.500. The number of H-pyrrole nitrogens is 1. The highest BCUT2D eigenvalue weighted by atomic mass is 19.3. The van der Waals surface area contributed by atoms with Crippen LogP contribution in [0.2, 0.25) is 0 Å². The van der Waals surface area contributed by atoms with Crippen molar-refractivity contribution in [2.24, 2.45) is 5.92 Å². The van der Waals surface area contributed by atoms with Crippen LogP contribution in [-0.4, -0.2) is 54.9 Å². The van der Waals surface area contributed by atoms with Gasteiger partial charge >= 0.3 is 0 Å². The summed E-state index contributed by atoms with van der Waals surface area (Å²) in [5, 5.41) is 7.15. The summed E-state index contributed by atoms with van der Waals surface area (Å²) in [6.45, 7) is 1.27. The molecule has 7 heteroatoms. The molecule has 1 saturated heterocycles. The van der Waals surface area contributed by atoms with Gasteiger partial charge in [0, 0.05) is 44.3 Å². The lowest BCUT2D eigenvalue weighted by Gasteiger charge is -2.38. The molecule has 1 fully saturated rings. The van der Waals surface area contributed by atoms with Crippen LogP contribution in [0.1, 0.15) is 12.0 Å². The van der Waals surface area contributed by atoms with Gasteiger partial charge in [0.15, 0.2) is 0 Å². The fourth-order valence-corrected chi connectivity index (χ4v) is 3.32. The van der Waals surface area contributed by atoms with Crippen LogP contribution in [0.3, 0.4) is 0 Å². The van der Waals surface area contributed by atoms with Crippen molar-refractivity contribution in [1.29, 1.82) is 0 Å². The molecule has 0 spiro atoms. The van der Waals surface area contributed by atoms with Crippen LogP contribution in [-0.2, 0) is 11.3 Å². The van der Waals surface area contributed by atoms with E-state index in [2.05, 4.69) is 10.2 Å². The molecule has 1 aliphatic heterocycles. The van der Waals surface area contributed by atoms with E-state index >= 15 is 0 Å². The summed E-state index contributed by atoms with van der Waals surface area (Å²) in [7, 11) is 3.09. The zero-order valence-electron chi connectivity index (χ0n) is 14.5. The molecule has 25 heavy (non-hydrogen) atoms. The van der Waals surface area contributed by atoms with E-state index in [9.17, 15) is 8.78 Å². The highest BCUT2D eigenvalue weighted by Crippen LogP contribution is 2.35. The fourth-order valence-electron chi connectivity index (χ4n) is 3.32. The normalized spacial score (nSPS) is 20.6. The van der Waals surface area contributed by atoms with Crippen LogP contribution in [0.5, 0.6) is 5.75 Å². The molecule has 0 aliphatic carbocycles. The number of aromatic nitrogens is 2. The highest BCUT2D eigenvalue weighted by Gasteiger charge is 2.43. The first-order valence-electron chi connectivity index (χ1n) is 8.30. The molecule has 2 heterocycles. The van der Waals surface area contributed by atoms with Gasteiger partial charge in [-0.15, -0.1) is 0 Å². The first-order valence-corrected chi connectivity index (χ1v) is 8.30. The number of rotatable bonds is 6. The summed E-state index contributed by atoms with van der Waals surface area (Å²) in [6, 6.07) is 7.67. The molecule has 1 atom stereocenters. The molecule has 1 unspecified atom stereocenters. The Hall–Kier alpha value is -1.99. The number of likely N-dealkylation sites (tertiary alicyclic amines) is 1. The van der Waals surface area contributed by atoms with Crippen LogP contribution in [0.4, 0.5) is 8.78 Å². The zero-order chi connectivity index (χ0) is 17.9. The molecule has 2 aromatic rings. The third kappa shape index (κ3) is 3.82. The lowest BCUT2D eigenvalue weighted by atomic mass is 9.93. The standard InChI is InChI=1S/C18H23F2N3O2/c1-24-12-14-11-23(8-7-18(14,19)20)10-13-9-21-22-17(13)15-5-3-4-6-16(15)25-2/h3-6,9,14H,7-8,10-12H2,1-2H3,(H,21,22). The van der Waals surface area contributed by atoms with E-state index in [-0.39, 0.29) is 13.0 Å². The van der Waals surface area contributed by atoms with E-state index in [0.29, 0.717) is 19.6 Å². The Morgan fingerprint density at radius 3 is 2.88 bits per heavy atom. The van der Waals surface area contributed by atoms with Gasteiger partial charge in [-0.05, 0) is 12.1 Å². The van der Waals surface area contributed by atoms with Gasteiger partial charge < -0.3 is 9.47 Å². The summed E-state index contributed by atoms with van der Waals surface area (Å²) in [5.74, 6) is -2.71. The van der Waals surface area contributed by atoms with Crippen LogP contribution >= 0.6 is 0 Å². The minimum atomic E-state index is -2.67. The third-order valence-electron chi connectivity index (χ3n) is 4.69. The number of halogens is 2. The van der Waals surface area contributed by atoms with Crippen molar-refractivity contribution >= 4 is 0 Å². The Morgan fingerprint density at radius 2 is 2.12 bits per heavy atom. The van der Waals surface area contributed by atoms with Crippen LogP contribution in [0.15, 0.2) is 30.5 Å². The van der Waals surface area contributed by atoms with Crippen molar-refractivity contribution in [2.45, 2.75) is 18.9 Å². The molecule has 1 aromatic carbocycles. The molecule has 0 saturated carbocycles. The summed E-state index contributed by atoms with van der Waals surface area (Å²) >= 11 is 0. The smallest absolute Gasteiger partial charge is 0.255 e. The van der Waals surface area contributed by atoms with Gasteiger partial charge in [0.2, 0.25) is 0 Å². The van der Waals surface area contributed by atoms with E-state index in [1.807, 2.05) is 29.2 Å². The molecule has 0 radical (unpaired) electrons. The first kappa shape index (κ1) is 17.8. The monoisotopic (exact) mass is 351 g/mol. The number of aromatic amines is 1. The Balaban J connectivity index is 1.78. The average molecular weight is 351 g/mol. The summed E-state index contributed by atoms with van der Waals surface area (Å²) in [5.41, 5.74) is 2.73. The largest absolute Gasteiger partial charge is 0.496 e. The van der Waals surface area contributed by atoms with Crippen LogP contribution in [0, 0.1) is 5.92 Å². The van der Waals surface area contributed by atoms with Crippen molar-refractivity contribution in [3.63, 3.8) is 0 Å². The molecular weight excluding hydrogens is 328 g/mol. The molecule has 136 valence electrons. The molecule has 0 amide bonds. The van der Waals surface area contributed by atoms with Gasteiger partial charge in [0.25, 0.3) is 5.92 Å². The van der Waals surface area contributed by atoms with Crippen molar-refractivity contribution in [3.05, 3.63) is 36.0 Å². The Labute approximate surface area is 145 Å². The number of alkyl halides is 2. The second kappa shape index (κ2) is 7.49. The van der Waals surface area contributed by atoms with Crippen LogP contribution < -0.4 is 4.74 Å². The number of benzene rings is 1. The van der Waals surface area contributed by atoms with Gasteiger partial charge in [0.1, 0.15) is 5.75 Å². The number of nitrogens with zero attached hydrogens (tertiary/aromatic N) is 2. The third-order valence-corrected chi connectivity index (χ3v) is 4.69. The van der Waals surface area contributed by atoms with Crippen molar-refractivity contribution < 1.29 is 18.3 Å². The number of para-hydroxylation sites is 1. The SMILES string of the molecule is COCC1CN(Cc2cn[nH]c2-c2ccccc2OC)CCC1(F)F. The number of hydrogen-bond donors (Lipinski definition) is 1. The highest BCUT2D eigenvalue weighted by molar-refractivity contribution is 5.69. The molecule has 1 aliphatic rings. The first-order chi connectivity index (χ1) is 12.0. The maximum absolute atomic E-state index is 14.0. The lowest BCUT2D eigenvalue weighted by molar-refractivity contribution is -0.125. The molecular formula is C18H23F2N3O2. The number of hydrogen-bond acceptors (Lipinski definition) is 4. The maximum Gasteiger partial charge on any atom is 0.255 e. The topological polar surface area (TPSA) is 50.4 Å². The number of methoxy groups -OCH3 is 2. The van der Waals surface area contributed by atoms with E-state index in [1.54, 1.807) is 13.3 Å². The predicted molar refractivity (Wildman–Crippen MR) is 90.8 cm³/mol. The molecule has 0 bridgehead atoms. The second-order valence-electron chi connectivity index (χ2n) is 6.37. The second-order valence-corrected chi connectivity index (χ2v) is 6.37. The minimum absolute atomic E-state index is 0.0637. The van der Waals surface area contributed by atoms with Gasteiger partial charge in [-0.1, -0.05) is 12.1 Å². The van der Waals surface area contributed by atoms with Gasteiger partial charge in [0.05, 0.1) is 31.5 Å². The van der Waals surface area contributed by atoms with Crippen molar-refractivity contribution in [2.75, 3.05) is 33.9 Å². The number of piperidine rings is 1. The minimum Gasteiger partial charge on any atom is -0.496 e. The van der Waals surface area contributed by atoms with E-state index in [1.165, 1.54) is 7.11 Å². The molecule has 1 aromatic heterocycles. The van der Waals surface area contributed by atoms with E-state index in [4.69, 9.17) is 9.47 Å². The van der Waals surface area contributed by atoms with Crippen LogP contribution in [0.25, 0.3) is 11.3 Å². The van der Waals surface area contributed by atoms with Gasteiger partial charge in [-0.2, -0.15) is 5.10 Å². The maximum atomic E-state index is 14.0. The predicted octanol–water partition coefficient (Wildman–Crippen LogP) is 3.19. The molecule has 1 N–H and O–H groups in total. The van der Waals surface area contributed by atoms with E-state index < -0.39 is 11.8 Å². The van der Waals surface area contributed by atoms with E-state index in [0.717, 1.165) is 22.6 Å². The summed E-state index contributed by atoms with van der Waals surface area (Å²) < 4.78 is 38.4. The average Bonchev–Trinajstić information content (AvgIpc) is 3.06. The quantitative estimate of drug-likeness (QED) is 0.868. The van der Waals surface area contributed by atoms with Gasteiger partial charge in [-0.3, -0.25) is 10.00 Å². The molecule has 3 rings (SSSR count). The lowest BCUT2D eigenvalue weighted by Crippen LogP contribution is -2.48.